The van der Waals surface area contributed by atoms with E-state index < -0.39 is 5.91 Å². The summed E-state index contributed by atoms with van der Waals surface area (Å²) in [6.07, 6.45) is 2.91. The van der Waals surface area contributed by atoms with Crippen LogP contribution in [0.1, 0.15) is 10.4 Å². The molecule has 2 N–H and O–H groups in total. The molecule has 1 heterocycles. The number of nitrogens with zero attached hydrogens (tertiary/aromatic N) is 2. The maximum absolute atomic E-state index is 12.2. The number of amides is 1. The highest BCUT2D eigenvalue weighted by atomic mass is 79.9. The monoisotopic (exact) mass is 343 g/mol. The lowest BCUT2D eigenvalue weighted by Gasteiger charge is -2.08. The van der Waals surface area contributed by atoms with E-state index in [0.29, 0.717) is 15.8 Å². The molecule has 0 aliphatic rings. The number of hydrogen-bond donors (Lipinski definition) is 2. The number of anilines is 1. The summed E-state index contributed by atoms with van der Waals surface area (Å²) in [5.74, 6) is -0.165. The highest BCUT2D eigenvalue weighted by molar-refractivity contribution is 9.10. The van der Waals surface area contributed by atoms with Crippen molar-refractivity contribution in [2.75, 3.05) is 5.32 Å². The number of nitrogens with one attached hydrogen (secondary N) is 1. The lowest BCUT2D eigenvalue weighted by molar-refractivity contribution is 0.102. The molecule has 0 bridgehead atoms. The fourth-order valence-electron chi connectivity index (χ4n) is 2.00. The third-order valence-electron chi connectivity index (χ3n) is 3.01. The number of phenolic OH excluding ortho intramolecular Hbond substituents is 1. The van der Waals surface area contributed by atoms with Crippen LogP contribution >= 0.6 is 15.9 Å². The Balaban J connectivity index is 1.94. The Morgan fingerprint density at radius 3 is 2.67 bits per heavy atom. The minimum absolute atomic E-state index is 0.0457. The van der Waals surface area contributed by atoms with E-state index in [1.54, 1.807) is 18.2 Å². The first kappa shape index (κ1) is 13.5. The number of aromatic hydroxyl groups is 1. The lowest BCUT2D eigenvalue weighted by Crippen LogP contribution is -2.13. The van der Waals surface area contributed by atoms with Crippen LogP contribution in [0.2, 0.25) is 0 Å². The van der Waals surface area contributed by atoms with Gasteiger partial charge in [-0.25, -0.2) is 9.97 Å². The van der Waals surface area contributed by atoms with Gasteiger partial charge in [0.1, 0.15) is 10.4 Å². The Morgan fingerprint density at radius 1 is 1.10 bits per heavy atom. The summed E-state index contributed by atoms with van der Waals surface area (Å²) < 4.78 is 0.578. The Labute approximate surface area is 128 Å². The fraction of sp³-hybridized carbons (Fsp3) is 0. The van der Waals surface area contributed by atoms with Crippen molar-refractivity contribution < 1.29 is 9.90 Å². The van der Waals surface area contributed by atoms with Gasteiger partial charge in [-0.1, -0.05) is 30.3 Å². The molecule has 0 saturated carbocycles. The van der Waals surface area contributed by atoms with E-state index in [0.717, 1.165) is 5.39 Å². The summed E-state index contributed by atoms with van der Waals surface area (Å²) >= 11 is 3.17. The molecule has 0 fully saturated rings. The standard InChI is InChI=1S/C15H10BrN3O2/c16-12-7-18-13(8-17-12)19-15(21)11-6-5-9-3-1-2-4-10(9)14(11)20/h1-8,20H,(H,18,19,21). The maximum Gasteiger partial charge on any atom is 0.260 e. The van der Waals surface area contributed by atoms with Crippen molar-refractivity contribution in [2.24, 2.45) is 0 Å². The van der Waals surface area contributed by atoms with E-state index in [2.05, 4.69) is 31.2 Å². The molecule has 5 nitrogen and oxygen atoms in total. The third-order valence-corrected chi connectivity index (χ3v) is 3.42. The molecule has 0 radical (unpaired) electrons. The fourth-order valence-corrected chi connectivity index (χ4v) is 2.20. The highest BCUT2D eigenvalue weighted by Gasteiger charge is 2.14. The molecule has 0 saturated heterocycles. The summed E-state index contributed by atoms with van der Waals surface area (Å²) in [4.78, 5) is 20.2. The highest BCUT2D eigenvalue weighted by Crippen LogP contribution is 2.28. The van der Waals surface area contributed by atoms with Gasteiger partial charge in [0.05, 0.1) is 18.0 Å². The van der Waals surface area contributed by atoms with Crippen LogP contribution in [0.25, 0.3) is 10.8 Å². The smallest absolute Gasteiger partial charge is 0.260 e. The van der Waals surface area contributed by atoms with E-state index in [1.807, 2.05) is 18.2 Å². The van der Waals surface area contributed by atoms with Gasteiger partial charge in [0.25, 0.3) is 5.91 Å². The minimum atomic E-state index is -0.435. The molecule has 1 aromatic heterocycles. The van der Waals surface area contributed by atoms with Gasteiger partial charge in [0.2, 0.25) is 0 Å². The van der Waals surface area contributed by atoms with Gasteiger partial charge in [0.15, 0.2) is 5.82 Å². The van der Waals surface area contributed by atoms with Crippen LogP contribution in [0.5, 0.6) is 5.75 Å². The van der Waals surface area contributed by atoms with Crippen LogP contribution in [0.15, 0.2) is 53.4 Å². The number of carbonyl (C=O) groups excluding carboxylic acids is 1. The number of aromatic nitrogens is 2. The first-order valence-electron chi connectivity index (χ1n) is 6.15. The number of carbonyl (C=O) groups is 1. The topological polar surface area (TPSA) is 75.1 Å². The summed E-state index contributed by atoms with van der Waals surface area (Å²) in [6.45, 7) is 0. The first-order chi connectivity index (χ1) is 10.1. The predicted molar refractivity (Wildman–Crippen MR) is 83.3 cm³/mol. The number of fused-ring (bicyclic) bond motifs is 1. The Hall–Kier alpha value is -2.47. The van der Waals surface area contributed by atoms with E-state index in [9.17, 15) is 9.90 Å². The van der Waals surface area contributed by atoms with E-state index in [-0.39, 0.29) is 11.3 Å². The van der Waals surface area contributed by atoms with Crippen LogP contribution in [-0.2, 0) is 0 Å². The quantitative estimate of drug-likeness (QED) is 0.748. The van der Waals surface area contributed by atoms with Crippen LogP contribution in [0.4, 0.5) is 5.82 Å². The van der Waals surface area contributed by atoms with Crippen LogP contribution in [-0.4, -0.2) is 21.0 Å². The average Bonchev–Trinajstić information content (AvgIpc) is 2.50. The zero-order valence-electron chi connectivity index (χ0n) is 10.7. The van der Waals surface area contributed by atoms with E-state index in [1.165, 1.54) is 12.4 Å². The largest absolute Gasteiger partial charge is 0.506 e. The molecule has 6 heteroatoms. The number of rotatable bonds is 2. The number of benzene rings is 2. The van der Waals surface area contributed by atoms with Gasteiger partial charge in [-0.05, 0) is 27.4 Å². The third kappa shape index (κ3) is 2.71. The van der Waals surface area contributed by atoms with Gasteiger partial charge in [-0.3, -0.25) is 4.79 Å². The summed E-state index contributed by atoms with van der Waals surface area (Å²) in [6, 6.07) is 10.7. The minimum Gasteiger partial charge on any atom is -0.506 e. The van der Waals surface area contributed by atoms with Crippen LogP contribution in [0.3, 0.4) is 0 Å². The van der Waals surface area contributed by atoms with Gasteiger partial charge < -0.3 is 10.4 Å². The molecular weight excluding hydrogens is 334 g/mol. The van der Waals surface area contributed by atoms with Gasteiger partial charge in [-0.2, -0.15) is 0 Å². The molecule has 0 spiro atoms. The number of hydrogen-bond acceptors (Lipinski definition) is 4. The van der Waals surface area contributed by atoms with Gasteiger partial charge in [0, 0.05) is 5.39 Å². The second-order valence-corrected chi connectivity index (χ2v) is 5.17. The molecule has 3 aromatic rings. The first-order valence-corrected chi connectivity index (χ1v) is 6.94. The van der Waals surface area contributed by atoms with Crippen molar-refractivity contribution in [3.05, 3.63) is 59.0 Å². The van der Waals surface area contributed by atoms with Crippen molar-refractivity contribution in [3.8, 4) is 5.75 Å². The number of phenols is 1. The molecule has 0 aliphatic heterocycles. The summed E-state index contributed by atoms with van der Waals surface area (Å²) in [5.41, 5.74) is 0.193. The normalized spacial score (nSPS) is 10.5. The predicted octanol–water partition coefficient (Wildman–Crippen LogP) is 3.35. The van der Waals surface area contributed by atoms with Gasteiger partial charge >= 0.3 is 0 Å². The molecule has 3 rings (SSSR count). The van der Waals surface area contributed by atoms with Crippen molar-refractivity contribution in [3.63, 3.8) is 0 Å². The molecule has 21 heavy (non-hydrogen) atoms. The molecule has 0 unspecified atom stereocenters. The Bertz CT molecular complexity index is 819. The molecule has 0 aliphatic carbocycles. The number of halogens is 1. The van der Waals surface area contributed by atoms with Crippen LogP contribution < -0.4 is 5.32 Å². The SMILES string of the molecule is O=C(Nc1cnc(Br)cn1)c1ccc2ccccc2c1O. The average molecular weight is 344 g/mol. The van der Waals surface area contributed by atoms with E-state index in [4.69, 9.17) is 0 Å². The Morgan fingerprint density at radius 2 is 1.90 bits per heavy atom. The molecule has 104 valence electrons. The molecule has 0 atom stereocenters. The van der Waals surface area contributed by atoms with Crippen molar-refractivity contribution in [1.82, 2.24) is 9.97 Å². The van der Waals surface area contributed by atoms with Crippen molar-refractivity contribution in [1.29, 1.82) is 0 Å². The van der Waals surface area contributed by atoms with Crippen LogP contribution in [0, 0.1) is 0 Å². The summed E-state index contributed by atoms with van der Waals surface area (Å²) in [5, 5.41) is 14.3. The molecule has 1 amide bonds. The van der Waals surface area contributed by atoms with Gasteiger partial charge in [-0.15, -0.1) is 0 Å². The molecular formula is C15H10BrN3O2. The van der Waals surface area contributed by atoms with E-state index >= 15 is 0 Å². The molecule has 2 aromatic carbocycles. The Kier molecular flexibility index (Phi) is 3.53. The maximum atomic E-state index is 12.2. The second kappa shape index (κ2) is 5.49. The zero-order valence-corrected chi connectivity index (χ0v) is 12.3. The van der Waals surface area contributed by atoms with Crippen molar-refractivity contribution >= 4 is 38.4 Å². The second-order valence-electron chi connectivity index (χ2n) is 4.36. The summed E-state index contributed by atoms with van der Waals surface area (Å²) in [7, 11) is 0. The zero-order chi connectivity index (χ0) is 14.8. The van der Waals surface area contributed by atoms with Crippen molar-refractivity contribution in [2.45, 2.75) is 0 Å². The lowest BCUT2D eigenvalue weighted by atomic mass is 10.0.